The Hall–Kier alpha value is -4.26. The highest BCUT2D eigenvalue weighted by atomic mass is 32.1. The number of likely N-dealkylation sites (tertiary alicyclic amines) is 1. The van der Waals surface area contributed by atoms with Crippen LogP contribution >= 0.6 is 11.3 Å². The molecule has 0 aliphatic carbocycles. The van der Waals surface area contributed by atoms with Crippen molar-refractivity contribution in [2.24, 2.45) is 0 Å². The third-order valence-corrected chi connectivity index (χ3v) is 8.79. The van der Waals surface area contributed by atoms with Crippen LogP contribution in [0.5, 0.6) is 5.75 Å². The molecule has 0 unspecified atom stereocenters. The molecule has 2 heterocycles. The molecule has 206 valence electrons. The van der Waals surface area contributed by atoms with E-state index < -0.39 is 11.7 Å². The second-order valence-electron chi connectivity index (χ2n) is 10.4. The Kier molecular flexibility index (Phi) is 8.21. The number of anilines is 1. The van der Waals surface area contributed by atoms with Crippen molar-refractivity contribution in [1.82, 2.24) is 4.90 Å². The topological polar surface area (TPSA) is 58.6 Å². The van der Waals surface area contributed by atoms with Gasteiger partial charge in [0.25, 0.3) is 11.7 Å². The number of hydrogen-bond acceptors (Lipinski definition) is 5. The lowest BCUT2D eigenvalue weighted by Crippen LogP contribution is -2.25. The van der Waals surface area contributed by atoms with E-state index in [1.54, 1.807) is 35.6 Å². The van der Waals surface area contributed by atoms with Gasteiger partial charge in [-0.25, -0.2) is 0 Å². The SMILES string of the molecule is O=C(Nc1ccc(-c2sc3ccccc3c2Cc2ccc(OCCN3CCCC3)cc2)cc1)C(=O)c1ccccc1. The summed E-state index contributed by atoms with van der Waals surface area (Å²) in [5, 5.41) is 3.99. The fourth-order valence-corrected chi connectivity index (χ4v) is 6.55. The van der Waals surface area contributed by atoms with Crippen LogP contribution in [0.15, 0.2) is 103 Å². The molecule has 1 N–H and O–H groups in total. The maximum Gasteiger partial charge on any atom is 0.296 e. The summed E-state index contributed by atoms with van der Waals surface area (Å²) < 4.78 is 7.25. The lowest BCUT2D eigenvalue weighted by Gasteiger charge is -2.15. The molecule has 5 aromatic rings. The Morgan fingerprint density at radius 2 is 1.51 bits per heavy atom. The first-order chi connectivity index (χ1) is 20.1. The van der Waals surface area contributed by atoms with Gasteiger partial charge in [0, 0.05) is 27.4 Å². The molecule has 1 aliphatic rings. The van der Waals surface area contributed by atoms with Gasteiger partial charge in [-0.1, -0.05) is 72.8 Å². The summed E-state index contributed by atoms with van der Waals surface area (Å²) in [6.07, 6.45) is 3.40. The number of ketones is 1. The van der Waals surface area contributed by atoms with Crippen molar-refractivity contribution in [1.29, 1.82) is 0 Å². The van der Waals surface area contributed by atoms with Crippen molar-refractivity contribution in [3.63, 3.8) is 0 Å². The number of rotatable bonds is 10. The van der Waals surface area contributed by atoms with Gasteiger partial charge in [0.1, 0.15) is 12.4 Å². The van der Waals surface area contributed by atoms with E-state index in [9.17, 15) is 9.59 Å². The standard InChI is InChI=1S/C35H32N2O3S/c38-33(26-8-2-1-3-9-26)35(39)36-28-16-14-27(15-17-28)34-31(30-10-4-5-11-32(30)41-34)24-25-12-18-29(19-13-25)40-23-22-37-20-6-7-21-37/h1-5,8-19H,6-7,20-24H2,(H,36,39). The molecule has 1 amide bonds. The Morgan fingerprint density at radius 3 is 2.27 bits per heavy atom. The zero-order valence-electron chi connectivity index (χ0n) is 22.8. The largest absolute Gasteiger partial charge is 0.492 e. The molecular weight excluding hydrogens is 528 g/mol. The third-order valence-electron chi connectivity index (χ3n) is 7.52. The van der Waals surface area contributed by atoms with Crippen LogP contribution in [0.4, 0.5) is 5.69 Å². The average molecular weight is 561 g/mol. The monoisotopic (exact) mass is 560 g/mol. The van der Waals surface area contributed by atoms with E-state index in [1.165, 1.54) is 52.0 Å². The summed E-state index contributed by atoms with van der Waals surface area (Å²) >= 11 is 1.77. The number of hydrogen-bond donors (Lipinski definition) is 1. The maximum atomic E-state index is 12.5. The van der Waals surface area contributed by atoms with E-state index in [0.717, 1.165) is 30.9 Å². The van der Waals surface area contributed by atoms with Gasteiger partial charge < -0.3 is 10.1 Å². The first kappa shape index (κ1) is 26.9. The molecule has 0 bridgehead atoms. The average Bonchev–Trinajstić information content (AvgIpc) is 3.67. The molecule has 0 spiro atoms. The highest BCUT2D eigenvalue weighted by molar-refractivity contribution is 7.22. The number of fused-ring (bicyclic) bond motifs is 1. The molecule has 1 fully saturated rings. The molecule has 1 aliphatic heterocycles. The number of thiophene rings is 1. The Balaban J connectivity index is 1.17. The third kappa shape index (κ3) is 6.40. The Labute approximate surface area is 244 Å². The highest BCUT2D eigenvalue weighted by Gasteiger charge is 2.18. The van der Waals surface area contributed by atoms with Crippen molar-refractivity contribution in [2.45, 2.75) is 19.3 Å². The molecular formula is C35H32N2O3S. The van der Waals surface area contributed by atoms with Crippen LogP contribution < -0.4 is 10.1 Å². The predicted octanol–water partition coefficient (Wildman–Crippen LogP) is 7.46. The van der Waals surface area contributed by atoms with Gasteiger partial charge in [-0.05, 0) is 84.8 Å². The normalized spacial score (nSPS) is 13.4. The van der Waals surface area contributed by atoms with E-state index in [1.807, 2.05) is 30.3 Å². The minimum Gasteiger partial charge on any atom is -0.492 e. The molecule has 0 atom stereocenters. The summed E-state index contributed by atoms with van der Waals surface area (Å²) in [6, 6.07) is 33.3. The van der Waals surface area contributed by atoms with E-state index in [-0.39, 0.29) is 0 Å². The molecule has 41 heavy (non-hydrogen) atoms. The molecule has 1 aromatic heterocycles. The van der Waals surface area contributed by atoms with Gasteiger partial charge in [-0.2, -0.15) is 0 Å². The summed E-state index contributed by atoms with van der Waals surface area (Å²) in [6.45, 7) is 4.07. The van der Waals surface area contributed by atoms with E-state index in [2.05, 4.69) is 58.7 Å². The van der Waals surface area contributed by atoms with E-state index in [4.69, 9.17) is 4.74 Å². The number of nitrogens with zero attached hydrogens (tertiary/aromatic N) is 1. The summed E-state index contributed by atoms with van der Waals surface area (Å²) in [5.41, 5.74) is 4.55. The number of Topliss-reactive ketones (excluding diaryl/α,β-unsaturated/α-hetero) is 1. The van der Waals surface area contributed by atoms with E-state index >= 15 is 0 Å². The number of carbonyl (C=O) groups is 2. The van der Waals surface area contributed by atoms with Crippen molar-refractivity contribution >= 4 is 38.8 Å². The van der Waals surface area contributed by atoms with Crippen molar-refractivity contribution in [3.8, 4) is 16.2 Å². The molecule has 0 saturated carbocycles. The van der Waals surface area contributed by atoms with Gasteiger partial charge in [0.15, 0.2) is 0 Å². The van der Waals surface area contributed by atoms with Crippen molar-refractivity contribution < 1.29 is 14.3 Å². The number of carbonyl (C=O) groups excluding carboxylic acids is 2. The second-order valence-corrected chi connectivity index (χ2v) is 11.4. The van der Waals surface area contributed by atoms with Crippen LogP contribution in [0.25, 0.3) is 20.5 Å². The van der Waals surface area contributed by atoms with Crippen molar-refractivity contribution in [3.05, 3.63) is 120 Å². The molecule has 6 rings (SSSR count). The Bertz CT molecular complexity index is 1640. The van der Waals surface area contributed by atoms with Crippen LogP contribution in [0.2, 0.25) is 0 Å². The van der Waals surface area contributed by atoms with Gasteiger partial charge in [0.05, 0.1) is 0 Å². The number of benzene rings is 4. The van der Waals surface area contributed by atoms with Crippen LogP contribution in [-0.2, 0) is 11.2 Å². The van der Waals surface area contributed by atoms with Crippen LogP contribution in [0, 0.1) is 0 Å². The van der Waals surface area contributed by atoms with Gasteiger partial charge in [-0.3, -0.25) is 14.5 Å². The molecule has 6 heteroatoms. The van der Waals surface area contributed by atoms with Crippen molar-refractivity contribution in [2.75, 3.05) is 31.6 Å². The summed E-state index contributed by atoms with van der Waals surface area (Å²) in [5.74, 6) is -0.286. The minimum atomic E-state index is -0.644. The molecule has 0 radical (unpaired) electrons. The minimum absolute atomic E-state index is 0.373. The van der Waals surface area contributed by atoms with Gasteiger partial charge in [0.2, 0.25) is 0 Å². The van der Waals surface area contributed by atoms with E-state index in [0.29, 0.717) is 11.3 Å². The zero-order valence-corrected chi connectivity index (χ0v) is 23.7. The Morgan fingerprint density at radius 1 is 0.805 bits per heavy atom. The lowest BCUT2D eigenvalue weighted by atomic mass is 9.99. The zero-order chi connectivity index (χ0) is 28.0. The number of amides is 1. The molecule has 1 saturated heterocycles. The summed E-state index contributed by atoms with van der Waals surface area (Å²) in [4.78, 5) is 28.6. The smallest absolute Gasteiger partial charge is 0.296 e. The van der Waals surface area contributed by atoms with Crippen LogP contribution in [0.3, 0.4) is 0 Å². The lowest BCUT2D eigenvalue weighted by molar-refractivity contribution is -0.112. The fourth-order valence-electron chi connectivity index (χ4n) is 5.33. The number of ether oxygens (including phenoxy) is 1. The highest BCUT2D eigenvalue weighted by Crippen LogP contribution is 2.40. The van der Waals surface area contributed by atoms with Crippen LogP contribution in [-0.4, -0.2) is 42.8 Å². The fraction of sp³-hybridized carbons (Fsp3) is 0.200. The van der Waals surface area contributed by atoms with Gasteiger partial charge in [-0.15, -0.1) is 11.3 Å². The molecule has 4 aromatic carbocycles. The first-order valence-corrected chi connectivity index (χ1v) is 14.9. The molecule has 5 nitrogen and oxygen atoms in total. The quantitative estimate of drug-likeness (QED) is 0.142. The summed E-state index contributed by atoms with van der Waals surface area (Å²) in [7, 11) is 0. The van der Waals surface area contributed by atoms with Crippen LogP contribution in [0.1, 0.15) is 34.3 Å². The first-order valence-electron chi connectivity index (χ1n) is 14.1. The van der Waals surface area contributed by atoms with Gasteiger partial charge >= 0.3 is 0 Å². The predicted molar refractivity (Wildman–Crippen MR) is 167 cm³/mol. The number of nitrogens with one attached hydrogen (secondary N) is 1. The second kappa shape index (κ2) is 12.5. The maximum absolute atomic E-state index is 12.5.